The van der Waals surface area contributed by atoms with Crippen LogP contribution < -0.4 is 10.1 Å². The van der Waals surface area contributed by atoms with Crippen molar-refractivity contribution in [3.05, 3.63) is 59.2 Å². The van der Waals surface area contributed by atoms with Crippen LogP contribution in [0.2, 0.25) is 0 Å². The molecule has 2 aromatic carbocycles. The first-order chi connectivity index (χ1) is 13.9. The number of nitrogens with one attached hydrogen (secondary N) is 1. The summed E-state index contributed by atoms with van der Waals surface area (Å²) in [4.78, 5) is 26.5. The zero-order valence-corrected chi connectivity index (χ0v) is 16.1. The predicted octanol–water partition coefficient (Wildman–Crippen LogP) is 4.01. The maximum absolute atomic E-state index is 13.6. The summed E-state index contributed by atoms with van der Waals surface area (Å²) in [5.41, 5.74) is 1.75. The zero-order chi connectivity index (χ0) is 20.5. The molecule has 2 aromatic rings. The van der Waals surface area contributed by atoms with Gasteiger partial charge in [-0.3, -0.25) is 9.59 Å². The Kier molecular flexibility index (Phi) is 5.22. The van der Waals surface area contributed by atoms with Gasteiger partial charge in [0.15, 0.2) is 6.10 Å². The Balaban J connectivity index is 1.61. The van der Waals surface area contributed by atoms with Gasteiger partial charge in [0.2, 0.25) is 5.91 Å². The molecular formula is C22H22F2N2O3. The Morgan fingerprint density at radius 2 is 1.90 bits per heavy atom. The lowest BCUT2D eigenvalue weighted by Gasteiger charge is -2.23. The van der Waals surface area contributed by atoms with Crippen LogP contribution in [0.3, 0.4) is 0 Å². The Bertz CT molecular complexity index is 939. The van der Waals surface area contributed by atoms with E-state index in [1.807, 2.05) is 6.92 Å². The van der Waals surface area contributed by atoms with Crippen molar-refractivity contribution in [3.8, 4) is 5.75 Å². The number of rotatable bonds is 5. The second-order valence-electron chi connectivity index (χ2n) is 7.57. The smallest absolute Gasteiger partial charge is 0.264 e. The molecule has 0 radical (unpaired) electrons. The predicted molar refractivity (Wildman–Crippen MR) is 103 cm³/mol. The fraction of sp³-hybridized carbons (Fsp3) is 0.364. The first-order valence-corrected chi connectivity index (χ1v) is 9.77. The summed E-state index contributed by atoms with van der Waals surface area (Å²) < 4.78 is 33.1. The highest BCUT2D eigenvalue weighted by atomic mass is 19.1. The van der Waals surface area contributed by atoms with Gasteiger partial charge in [0.25, 0.3) is 5.91 Å². The summed E-state index contributed by atoms with van der Waals surface area (Å²) in [7, 11) is 0. The monoisotopic (exact) mass is 400 g/mol. The van der Waals surface area contributed by atoms with Crippen molar-refractivity contribution >= 4 is 17.5 Å². The average molecular weight is 400 g/mol. The Morgan fingerprint density at radius 3 is 2.55 bits per heavy atom. The van der Waals surface area contributed by atoms with Crippen LogP contribution in [-0.4, -0.2) is 22.8 Å². The normalized spacial score (nSPS) is 18.7. The van der Waals surface area contributed by atoms with Crippen LogP contribution in [0.5, 0.6) is 5.75 Å². The molecule has 0 unspecified atom stereocenters. The highest BCUT2D eigenvalue weighted by Gasteiger charge is 2.32. The number of amides is 2. The summed E-state index contributed by atoms with van der Waals surface area (Å²) in [6.45, 7) is 2.12. The third-order valence-electron chi connectivity index (χ3n) is 5.16. The molecule has 7 heteroatoms. The Morgan fingerprint density at radius 1 is 1.17 bits per heavy atom. The number of fused-ring (bicyclic) bond motifs is 1. The van der Waals surface area contributed by atoms with Crippen molar-refractivity contribution in [1.29, 1.82) is 0 Å². The average Bonchev–Trinajstić information content (AvgIpc) is 3.51. The molecule has 5 nitrogen and oxygen atoms in total. The molecule has 0 spiro atoms. The van der Waals surface area contributed by atoms with Gasteiger partial charge >= 0.3 is 0 Å². The van der Waals surface area contributed by atoms with Gasteiger partial charge in [-0.25, -0.2) is 8.78 Å². The van der Waals surface area contributed by atoms with Gasteiger partial charge in [0, 0.05) is 36.3 Å². The number of anilines is 1. The highest BCUT2D eigenvalue weighted by molar-refractivity contribution is 5.94. The van der Waals surface area contributed by atoms with E-state index in [1.54, 1.807) is 18.2 Å². The van der Waals surface area contributed by atoms with E-state index in [1.165, 1.54) is 17.0 Å². The molecule has 1 N–H and O–H groups in total. The number of carbonyl (C=O) groups is 2. The molecule has 2 amide bonds. The minimum absolute atomic E-state index is 0.00547. The van der Waals surface area contributed by atoms with Crippen molar-refractivity contribution in [3.63, 3.8) is 0 Å². The summed E-state index contributed by atoms with van der Waals surface area (Å²) in [5, 5.41) is 2.89. The minimum Gasteiger partial charge on any atom is -0.480 e. The number of carbonyl (C=O) groups excluding carboxylic acids is 2. The van der Waals surface area contributed by atoms with Crippen LogP contribution in [-0.2, 0) is 22.7 Å². The summed E-state index contributed by atoms with van der Waals surface area (Å²) in [5.74, 6) is -0.962. The molecule has 0 saturated heterocycles. The van der Waals surface area contributed by atoms with E-state index in [4.69, 9.17) is 4.74 Å². The highest BCUT2D eigenvalue weighted by Crippen LogP contribution is 2.33. The number of benzene rings is 2. The third kappa shape index (κ3) is 4.39. The number of ether oxygens (including phenoxy) is 1. The molecule has 1 saturated carbocycles. The van der Waals surface area contributed by atoms with Crippen LogP contribution in [0.15, 0.2) is 36.4 Å². The Labute approximate surface area is 167 Å². The molecule has 1 aliphatic heterocycles. The van der Waals surface area contributed by atoms with Crippen molar-refractivity contribution in [2.45, 2.75) is 45.4 Å². The van der Waals surface area contributed by atoms with Gasteiger partial charge in [-0.05, 0) is 55.2 Å². The number of halogens is 2. The van der Waals surface area contributed by atoms with E-state index < -0.39 is 17.7 Å². The van der Waals surface area contributed by atoms with E-state index in [9.17, 15) is 18.4 Å². The molecule has 1 aliphatic carbocycles. The van der Waals surface area contributed by atoms with Crippen LogP contribution in [0.1, 0.15) is 37.3 Å². The summed E-state index contributed by atoms with van der Waals surface area (Å²) >= 11 is 0. The molecule has 1 atom stereocenters. The largest absolute Gasteiger partial charge is 0.480 e. The zero-order valence-electron chi connectivity index (χ0n) is 16.1. The summed E-state index contributed by atoms with van der Waals surface area (Å²) in [6.07, 6.45) is 1.60. The minimum atomic E-state index is -0.684. The fourth-order valence-electron chi connectivity index (χ4n) is 3.49. The fourth-order valence-corrected chi connectivity index (χ4v) is 3.49. The van der Waals surface area contributed by atoms with Crippen LogP contribution in [0.25, 0.3) is 0 Å². The van der Waals surface area contributed by atoms with Crippen molar-refractivity contribution in [2.75, 3.05) is 5.32 Å². The van der Waals surface area contributed by atoms with E-state index in [0.717, 1.165) is 24.5 Å². The van der Waals surface area contributed by atoms with E-state index in [0.29, 0.717) is 23.4 Å². The molecule has 152 valence electrons. The second-order valence-corrected chi connectivity index (χ2v) is 7.57. The lowest BCUT2D eigenvalue weighted by molar-refractivity contribution is -0.139. The molecule has 2 aliphatic rings. The lowest BCUT2D eigenvalue weighted by Crippen LogP contribution is -2.38. The maximum Gasteiger partial charge on any atom is 0.264 e. The summed E-state index contributed by atoms with van der Waals surface area (Å²) in [6, 6.07) is 8.54. The van der Waals surface area contributed by atoms with E-state index in [2.05, 4.69) is 5.32 Å². The van der Waals surface area contributed by atoms with Gasteiger partial charge in [0.1, 0.15) is 17.4 Å². The number of nitrogens with zero attached hydrogens (tertiary/aromatic N) is 1. The second kappa shape index (κ2) is 7.81. The molecule has 0 bridgehead atoms. The van der Waals surface area contributed by atoms with Crippen molar-refractivity contribution in [1.82, 2.24) is 4.90 Å². The molecule has 1 fully saturated rings. The molecule has 1 heterocycles. The van der Waals surface area contributed by atoms with Gasteiger partial charge in [0.05, 0.1) is 0 Å². The lowest BCUT2D eigenvalue weighted by atomic mass is 10.1. The van der Waals surface area contributed by atoms with Gasteiger partial charge in [-0.1, -0.05) is 6.92 Å². The third-order valence-corrected chi connectivity index (χ3v) is 5.16. The van der Waals surface area contributed by atoms with Crippen LogP contribution in [0, 0.1) is 17.6 Å². The van der Waals surface area contributed by atoms with Gasteiger partial charge in [-0.2, -0.15) is 0 Å². The topological polar surface area (TPSA) is 58.6 Å². The number of hydrogen-bond acceptors (Lipinski definition) is 3. The van der Waals surface area contributed by atoms with Crippen LogP contribution >= 0.6 is 0 Å². The molecular weight excluding hydrogens is 378 g/mol. The van der Waals surface area contributed by atoms with Crippen molar-refractivity contribution in [2.24, 2.45) is 5.92 Å². The van der Waals surface area contributed by atoms with Gasteiger partial charge < -0.3 is 15.0 Å². The molecule has 4 rings (SSSR count). The SMILES string of the molecule is CC[C@H]1Oc2ccc(NC(=O)C3CC3)cc2CN(Cc2cc(F)cc(F)c2)C1=O. The maximum atomic E-state index is 13.6. The quantitative estimate of drug-likeness (QED) is 0.825. The first kappa shape index (κ1) is 19.4. The van der Waals surface area contributed by atoms with E-state index >= 15 is 0 Å². The van der Waals surface area contributed by atoms with Crippen molar-refractivity contribution < 1.29 is 23.1 Å². The molecule has 29 heavy (non-hydrogen) atoms. The Hall–Kier alpha value is -2.96. The van der Waals surface area contributed by atoms with Crippen LogP contribution in [0.4, 0.5) is 14.5 Å². The van der Waals surface area contributed by atoms with E-state index in [-0.39, 0.29) is 30.8 Å². The standard InChI is InChI=1S/C22H22F2N2O3/c1-2-19-22(28)26(11-13-7-16(23)10-17(24)8-13)12-15-9-18(5-6-20(15)29-19)25-21(27)14-3-4-14/h5-10,14,19H,2-4,11-12H2,1H3,(H,25,27)/t19-/m1/s1. The number of hydrogen-bond donors (Lipinski definition) is 1. The van der Waals surface area contributed by atoms with Gasteiger partial charge in [-0.15, -0.1) is 0 Å². The molecule has 0 aromatic heterocycles. The first-order valence-electron chi connectivity index (χ1n) is 9.77.